The van der Waals surface area contributed by atoms with Crippen molar-refractivity contribution in [1.82, 2.24) is 10.2 Å². The van der Waals surface area contributed by atoms with Crippen LogP contribution in [-0.4, -0.2) is 75.6 Å². The van der Waals surface area contributed by atoms with Crippen molar-refractivity contribution >= 4 is 5.97 Å². The molecule has 6 heteroatoms. The molecule has 0 amide bonds. The lowest BCUT2D eigenvalue weighted by molar-refractivity contribution is -0.146. The molecule has 2 N–H and O–H groups in total. The number of carbonyl (C=O) groups is 1. The van der Waals surface area contributed by atoms with Crippen LogP contribution in [0.4, 0.5) is 0 Å². The molecule has 0 aromatic heterocycles. The molecule has 1 aliphatic carbocycles. The molecule has 1 saturated carbocycles. The van der Waals surface area contributed by atoms with E-state index in [2.05, 4.69) is 10.2 Å². The van der Waals surface area contributed by atoms with Gasteiger partial charge in [0, 0.05) is 40.5 Å². The Morgan fingerprint density at radius 2 is 1.95 bits per heavy atom. The highest BCUT2D eigenvalue weighted by Crippen LogP contribution is 2.40. The van der Waals surface area contributed by atoms with Gasteiger partial charge < -0.3 is 19.9 Å². The van der Waals surface area contributed by atoms with E-state index >= 15 is 0 Å². The zero-order chi connectivity index (χ0) is 15.0. The summed E-state index contributed by atoms with van der Waals surface area (Å²) in [7, 11) is 5.09. The SMILES string of the molecule is CNC(CN(CCCOC)CCOC)(C(=O)O)C1CC1. The minimum absolute atomic E-state index is 0.234. The van der Waals surface area contributed by atoms with E-state index < -0.39 is 11.5 Å². The molecule has 1 aliphatic rings. The fourth-order valence-electron chi connectivity index (χ4n) is 2.61. The van der Waals surface area contributed by atoms with Crippen molar-refractivity contribution in [3.05, 3.63) is 0 Å². The molecular formula is C14H28N2O4. The molecule has 118 valence electrons. The Morgan fingerprint density at radius 1 is 1.30 bits per heavy atom. The molecule has 1 rings (SSSR count). The fraction of sp³-hybridized carbons (Fsp3) is 0.929. The van der Waals surface area contributed by atoms with E-state index in [0.717, 1.165) is 32.4 Å². The Hall–Kier alpha value is -0.690. The highest BCUT2D eigenvalue weighted by molar-refractivity contribution is 5.80. The first kappa shape index (κ1) is 17.4. The predicted octanol–water partition coefficient (Wildman–Crippen LogP) is 0.424. The lowest BCUT2D eigenvalue weighted by Gasteiger charge is -2.35. The van der Waals surface area contributed by atoms with Crippen molar-refractivity contribution < 1.29 is 19.4 Å². The minimum atomic E-state index is -0.833. The van der Waals surface area contributed by atoms with Gasteiger partial charge in [0.25, 0.3) is 0 Å². The summed E-state index contributed by atoms with van der Waals surface area (Å²) in [5.74, 6) is -0.519. The summed E-state index contributed by atoms with van der Waals surface area (Å²) >= 11 is 0. The number of methoxy groups -OCH3 is 2. The molecule has 0 radical (unpaired) electrons. The van der Waals surface area contributed by atoms with Crippen LogP contribution in [-0.2, 0) is 14.3 Å². The first-order valence-corrected chi connectivity index (χ1v) is 7.23. The molecule has 0 aliphatic heterocycles. The second-order valence-corrected chi connectivity index (χ2v) is 5.42. The van der Waals surface area contributed by atoms with E-state index in [4.69, 9.17) is 9.47 Å². The van der Waals surface area contributed by atoms with E-state index in [9.17, 15) is 9.90 Å². The Labute approximate surface area is 121 Å². The third-order valence-corrected chi connectivity index (χ3v) is 4.01. The highest BCUT2D eigenvalue weighted by Gasteiger charge is 2.50. The minimum Gasteiger partial charge on any atom is -0.480 e. The lowest BCUT2D eigenvalue weighted by Crippen LogP contribution is -2.60. The van der Waals surface area contributed by atoms with Gasteiger partial charge in [-0.15, -0.1) is 0 Å². The largest absolute Gasteiger partial charge is 0.480 e. The summed E-state index contributed by atoms with van der Waals surface area (Å²) in [6.45, 7) is 3.37. The molecule has 0 heterocycles. The van der Waals surface area contributed by atoms with Crippen molar-refractivity contribution in [3.8, 4) is 0 Å². The number of nitrogens with one attached hydrogen (secondary N) is 1. The molecule has 0 aromatic rings. The Morgan fingerprint density at radius 3 is 2.40 bits per heavy atom. The van der Waals surface area contributed by atoms with Crippen LogP contribution in [0.1, 0.15) is 19.3 Å². The highest BCUT2D eigenvalue weighted by atomic mass is 16.5. The van der Waals surface area contributed by atoms with Crippen molar-refractivity contribution in [2.75, 3.05) is 54.1 Å². The van der Waals surface area contributed by atoms with Crippen molar-refractivity contribution in [2.24, 2.45) is 5.92 Å². The molecule has 0 bridgehead atoms. The summed E-state index contributed by atoms with van der Waals surface area (Å²) in [4.78, 5) is 13.9. The topological polar surface area (TPSA) is 71.0 Å². The molecular weight excluding hydrogens is 260 g/mol. The van der Waals surface area contributed by atoms with E-state index in [-0.39, 0.29) is 5.92 Å². The zero-order valence-electron chi connectivity index (χ0n) is 12.9. The zero-order valence-corrected chi connectivity index (χ0v) is 12.9. The average molecular weight is 288 g/mol. The van der Waals surface area contributed by atoms with Crippen molar-refractivity contribution in [1.29, 1.82) is 0 Å². The predicted molar refractivity (Wildman–Crippen MR) is 77.0 cm³/mol. The van der Waals surface area contributed by atoms with Crippen LogP contribution in [0.2, 0.25) is 0 Å². The first-order chi connectivity index (χ1) is 9.60. The Balaban J connectivity index is 2.65. The van der Waals surface area contributed by atoms with Crippen LogP contribution in [0.3, 0.4) is 0 Å². The van der Waals surface area contributed by atoms with Crippen LogP contribution < -0.4 is 5.32 Å². The fourth-order valence-corrected chi connectivity index (χ4v) is 2.61. The third-order valence-electron chi connectivity index (χ3n) is 4.01. The third kappa shape index (κ3) is 4.70. The van der Waals surface area contributed by atoms with Gasteiger partial charge in [-0.25, -0.2) is 0 Å². The quantitative estimate of drug-likeness (QED) is 0.507. The summed E-state index contributed by atoms with van der Waals surface area (Å²) in [6, 6.07) is 0. The van der Waals surface area contributed by atoms with Gasteiger partial charge in [0.15, 0.2) is 0 Å². The number of aliphatic carboxylic acids is 1. The number of ether oxygens (including phenoxy) is 2. The van der Waals surface area contributed by atoms with Gasteiger partial charge in [-0.3, -0.25) is 9.69 Å². The molecule has 1 atom stereocenters. The Bertz CT molecular complexity index is 297. The molecule has 0 saturated heterocycles. The molecule has 6 nitrogen and oxygen atoms in total. The Kier molecular flexibility index (Phi) is 7.43. The van der Waals surface area contributed by atoms with Gasteiger partial charge in [0.1, 0.15) is 5.54 Å². The standard InChI is InChI=1S/C14H28N2O4/c1-15-14(13(17)18,12-5-6-12)11-16(8-10-20-3)7-4-9-19-2/h12,15H,4-11H2,1-3H3,(H,17,18). The molecule has 0 aromatic carbocycles. The molecule has 0 spiro atoms. The van der Waals surface area contributed by atoms with Crippen LogP contribution in [0, 0.1) is 5.92 Å². The summed E-state index contributed by atoms with van der Waals surface area (Å²) in [5.41, 5.74) is -0.833. The van der Waals surface area contributed by atoms with Crippen molar-refractivity contribution in [2.45, 2.75) is 24.8 Å². The van der Waals surface area contributed by atoms with E-state index in [0.29, 0.717) is 19.8 Å². The first-order valence-electron chi connectivity index (χ1n) is 7.23. The lowest BCUT2D eigenvalue weighted by atomic mass is 9.92. The number of rotatable bonds is 12. The summed E-state index contributed by atoms with van der Waals surface area (Å²) < 4.78 is 10.2. The number of hydrogen-bond donors (Lipinski definition) is 2. The average Bonchev–Trinajstić information content (AvgIpc) is 3.26. The van der Waals surface area contributed by atoms with E-state index in [1.165, 1.54) is 0 Å². The number of hydrogen-bond acceptors (Lipinski definition) is 5. The monoisotopic (exact) mass is 288 g/mol. The smallest absolute Gasteiger partial charge is 0.325 e. The second-order valence-electron chi connectivity index (χ2n) is 5.42. The maximum Gasteiger partial charge on any atom is 0.325 e. The number of carboxylic acids is 1. The normalized spacial score (nSPS) is 18.2. The molecule has 1 unspecified atom stereocenters. The maximum atomic E-state index is 11.7. The van der Waals surface area contributed by atoms with Crippen LogP contribution >= 0.6 is 0 Å². The van der Waals surface area contributed by atoms with Gasteiger partial charge in [-0.1, -0.05) is 0 Å². The van der Waals surface area contributed by atoms with Gasteiger partial charge in [-0.2, -0.15) is 0 Å². The van der Waals surface area contributed by atoms with Gasteiger partial charge >= 0.3 is 5.97 Å². The van der Waals surface area contributed by atoms with Crippen LogP contribution in [0.15, 0.2) is 0 Å². The number of nitrogens with zero attached hydrogens (tertiary/aromatic N) is 1. The van der Waals surface area contributed by atoms with Crippen LogP contribution in [0.5, 0.6) is 0 Å². The van der Waals surface area contributed by atoms with Gasteiger partial charge in [0.2, 0.25) is 0 Å². The van der Waals surface area contributed by atoms with E-state index in [1.54, 1.807) is 21.3 Å². The van der Waals surface area contributed by atoms with Crippen molar-refractivity contribution in [3.63, 3.8) is 0 Å². The summed E-state index contributed by atoms with van der Waals surface area (Å²) in [5, 5.41) is 12.7. The van der Waals surface area contributed by atoms with Gasteiger partial charge in [0.05, 0.1) is 6.61 Å². The van der Waals surface area contributed by atoms with Crippen LogP contribution in [0.25, 0.3) is 0 Å². The maximum absolute atomic E-state index is 11.7. The summed E-state index contributed by atoms with van der Waals surface area (Å²) in [6.07, 6.45) is 2.87. The molecule has 1 fully saturated rings. The van der Waals surface area contributed by atoms with Gasteiger partial charge in [-0.05, 0) is 32.2 Å². The number of likely N-dealkylation sites (N-methyl/N-ethyl adjacent to an activating group) is 1. The number of carboxylic acid groups (broad SMARTS) is 1. The molecule has 20 heavy (non-hydrogen) atoms. The van der Waals surface area contributed by atoms with E-state index in [1.807, 2.05) is 0 Å². The second kappa shape index (κ2) is 8.56.